The van der Waals surface area contributed by atoms with Gasteiger partial charge in [0.05, 0.1) is 16.1 Å². The van der Waals surface area contributed by atoms with Gasteiger partial charge in [0, 0.05) is 35.9 Å². The first-order chi connectivity index (χ1) is 9.81. The van der Waals surface area contributed by atoms with Crippen molar-refractivity contribution in [2.24, 2.45) is 0 Å². The minimum Gasteiger partial charge on any atom is -0.253 e. The number of hydrogen-bond acceptors (Lipinski definition) is 5. The Morgan fingerprint density at radius 1 is 0.950 bits per heavy atom. The highest BCUT2D eigenvalue weighted by Gasteiger charge is 2.09. The topological polar surface area (TPSA) is 68.9 Å². The van der Waals surface area contributed by atoms with Gasteiger partial charge >= 0.3 is 0 Å². The van der Waals surface area contributed by atoms with E-state index >= 15 is 0 Å². The molecule has 0 unspecified atom stereocenters. The molecule has 0 aliphatic heterocycles. The molecule has 0 aliphatic rings. The average molecular weight is 283 g/mol. The van der Waals surface area contributed by atoms with Crippen LogP contribution in [0.3, 0.4) is 0 Å². The third-order valence-electron chi connectivity index (χ3n) is 3.00. The fourth-order valence-corrected chi connectivity index (χ4v) is 2.33. The molecule has 20 heavy (non-hydrogen) atoms. The highest BCUT2D eigenvalue weighted by Crippen LogP contribution is 2.30. The number of benzene rings is 1. The summed E-state index contributed by atoms with van der Waals surface area (Å²) >= 11 is 6.32. The molecule has 6 nitrogen and oxygen atoms in total. The van der Waals surface area contributed by atoms with Gasteiger partial charge < -0.3 is 0 Å². The van der Waals surface area contributed by atoms with Crippen molar-refractivity contribution in [2.45, 2.75) is 0 Å². The maximum absolute atomic E-state index is 6.32. The van der Waals surface area contributed by atoms with Gasteiger partial charge in [-0.2, -0.15) is 10.1 Å². The zero-order chi connectivity index (χ0) is 13.5. The normalized spacial score (nSPS) is 11.2. The van der Waals surface area contributed by atoms with E-state index in [9.17, 15) is 0 Å². The van der Waals surface area contributed by atoms with Crippen molar-refractivity contribution >= 4 is 28.4 Å². The molecule has 0 radical (unpaired) electrons. The summed E-state index contributed by atoms with van der Waals surface area (Å²) < 4.78 is 1.60. The molecular formula is C13H7ClN6. The lowest BCUT2D eigenvalue weighted by Gasteiger charge is -2.06. The van der Waals surface area contributed by atoms with E-state index in [1.54, 1.807) is 29.2 Å². The van der Waals surface area contributed by atoms with E-state index in [-0.39, 0.29) is 0 Å². The number of hydrogen-bond donors (Lipinski definition) is 0. The molecule has 0 N–H and O–H groups in total. The van der Waals surface area contributed by atoms with Crippen LogP contribution in [-0.4, -0.2) is 29.5 Å². The van der Waals surface area contributed by atoms with Crippen LogP contribution in [0.4, 0.5) is 0 Å². The Balaban J connectivity index is 1.98. The van der Waals surface area contributed by atoms with Gasteiger partial charge in [-0.15, -0.1) is 0 Å². The molecule has 0 amide bonds. The van der Waals surface area contributed by atoms with Crippen LogP contribution in [-0.2, 0) is 0 Å². The maximum atomic E-state index is 6.32. The van der Waals surface area contributed by atoms with Gasteiger partial charge in [0.25, 0.3) is 5.78 Å². The molecule has 96 valence electrons. The van der Waals surface area contributed by atoms with E-state index in [4.69, 9.17) is 11.6 Å². The van der Waals surface area contributed by atoms with Crippen LogP contribution in [0, 0.1) is 0 Å². The summed E-state index contributed by atoms with van der Waals surface area (Å²) in [7, 11) is 0. The molecule has 4 aromatic rings. The van der Waals surface area contributed by atoms with Crippen LogP contribution in [0.15, 0.2) is 43.2 Å². The van der Waals surface area contributed by atoms with Gasteiger partial charge in [0.1, 0.15) is 6.33 Å². The first-order valence-electron chi connectivity index (χ1n) is 5.87. The van der Waals surface area contributed by atoms with Crippen molar-refractivity contribution in [1.29, 1.82) is 0 Å². The van der Waals surface area contributed by atoms with E-state index in [0.717, 1.165) is 22.2 Å². The van der Waals surface area contributed by atoms with E-state index < -0.39 is 0 Å². The highest BCUT2D eigenvalue weighted by atomic mass is 35.5. The van der Waals surface area contributed by atoms with Crippen molar-refractivity contribution in [3.63, 3.8) is 0 Å². The average Bonchev–Trinajstić information content (AvgIpc) is 2.94. The molecule has 4 rings (SSSR count). The summed E-state index contributed by atoms with van der Waals surface area (Å²) in [6, 6.07) is 3.69. The first-order valence-corrected chi connectivity index (χ1v) is 6.25. The van der Waals surface area contributed by atoms with Crippen LogP contribution in [0.1, 0.15) is 0 Å². The number of aromatic nitrogens is 6. The van der Waals surface area contributed by atoms with Crippen molar-refractivity contribution in [3.8, 4) is 11.1 Å². The third-order valence-corrected chi connectivity index (χ3v) is 3.32. The van der Waals surface area contributed by atoms with Gasteiger partial charge in [-0.25, -0.2) is 9.50 Å². The Morgan fingerprint density at radius 2 is 1.75 bits per heavy atom. The molecule has 0 aliphatic carbocycles. The first kappa shape index (κ1) is 11.2. The number of nitrogens with zero attached hydrogens (tertiary/aromatic N) is 6. The summed E-state index contributed by atoms with van der Waals surface area (Å²) in [5.41, 5.74) is 3.23. The standard InChI is InChI=1S/C13H7ClN6/c14-10-4-12-11(15-1-2-16-12)3-9(10)8-5-17-13-18-7-19-20(13)6-8/h1-7H. The minimum absolute atomic E-state index is 0.547. The fourth-order valence-electron chi connectivity index (χ4n) is 2.07. The molecule has 0 bridgehead atoms. The van der Waals surface area contributed by atoms with Crippen molar-refractivity contribution in [1.82, 2.24) is 29.5 Å². The lowest BCUT2D eigenvalue weighted by molar-refractivity contribution is 0.941. The Morgan fingerprint density at radius 3 is 2.60 bits per heavy atom. The largest absolute Gasteiger partial charge is 0.253 e. The second-order valence-corrected chi connectivity index (χ2v) is 4.63. The molecule has 3 heterocycles. The van der Waals surface area contributed by atoms with Crippen LogP contribution < -0.4 is 0 Å². The molecule has 0 saturated carbocycles. The molecule has 0 saturated heterocycles. The van der Waals surface area contributed by atoms with Gasteiger partial charge in [-0.05, 0) is 12.1 Å². The summed E-state index contributed by atoms with van der Waals surface area (Å²) in [4.78, 5) is 16.8. The summed E-state index contributed by atoms with van der Waals surface area (Å²) in [6.07, 6.45) is 8.30. The van der Waals surface area contributed by atoms with Crippen molar-refractivity contribution in [3.05, 3.63) is 48.3 Å². The summed E-state index contributed by atoms with van der Waals surface area (Å²) in [5.74, 6) is 0.547. The smallest absolute Gasteiger partial charge is 0.252 e. The van der Waals surface area contributed by atoms with E-state index in [2.05, 4.69) is 25.0 Å². The van der Waals surface area contributed by atoms with Crippen LogP contribution in [0.5, 0.6) is 0 Å². The van der Waals surface area contributed by atoms with Crippen molar-refractivity contribution < 1.29 is 0 Å². The predicted octanol–water partition coefficient (Wildman–Crippen LogP) is 2.39. The van der Waals surface area contributed by atoms with Crippen LogP contribution >= 0.6 is 11.6 Å². The Labute approximate surface area is 118 Å². The minimum atomic E-state index is 0.547. The van der Waals surface area contributed by atoms with Crippen LogP contribution in [0.2, 0.25) is 5.02 Å². The zero-order valence-corrected chi connectivity index (χ0v) is 10.9. The monoisotopic (exact) mass is 282 g/mol. The number of rotatable bonds is 1. The van der Waals surface area contributed by atoms with Gasteiger partial charge in [-0.3, -0.25) is 9.97 Å². The fraction of sp³-hybridized carbons (Fsp3) is 0. The van der Waals surface area contributed by atoms with E-state index in [0.29, 0.717) is 10.8 Å². The third kappa shape index (κ3) is 1.70. The van der Waals surface area contributed by atoms with Gasteiger partial charge in [-0.1, -0.05) is 11.6 Å². The van der Waals surface area contributed by atoms with E-state index in [1.807, 2.05) is 12.3 Å². The zero-order valence-electron chi connectivity index (χ0n) is 10.1. The number of halogens is 1. The SMILES string of the molecule is Clc1cc2nccnc2cc1-c1cnc2ncnn2c1. The second-order valence-electron chi connectivity index (χ2n) is 4.22. The molecule has 3 aromatic heterocycles. The Kier molecular flexibility index (Phi) is 2.37. The number of fused-ring (bicyclic) bond motifs is 2. The Bertz CT molecular complexity index is 932. The second kappa shape index (κ2) is 4.21. The summed E-state index contributed by atoms with van der Waals surface area (Å²) in [5, 5.41) is 4.67. The predicted molar refractivity (Wildman–Crippen MR) is 74.3 cm³/mol. The van der Waals surface area contributed by atoms with Crippen molar-refractivity contribution in [2.75, 3.05) is 0 Å². The lowest BCUT2D eigenvalue weighted by Crippen LogP contribution is -1.93. The quantitative estimate of drug-likeness (QED) is 0.536. The Hall–Kier alpha value is -2.60. The molecule has 0 atom stereocenters. The molecular weight excluding hydrogens is 276 g/mol. The van der Waals surface area contributed by atoms with Crippen LogP contribution in [0.25, 0.3) is 27.9 Å². The molecule has 0 spiro atoms. The molecule has 1 aromatic carbocycles. The molecule has 7 heteroatoms. The lowest BCUT2D eigenvalue weighted by atomic mass is 10.1. The maximum Gasteiger partial charge on any atom is 0.252 e. The van der Waals surface area contributed by atoms with Gasteiger partial charge in [0.15, 0.2) is 0 Å². The highest BCUT2D eigenvalue weighted by molar-refractivity contribution is 6.34. The summed E-state index contributed by atoms with van der Waals surface area (Å²) in [6.45, 7) is 0. The van der Waals surface area contributed by atoms with E-state index in [1.165, 1.54) is 6.33 Å². The van der Waals surface area contributed by atoms with Gasteiger partial charge in [0.2, 0.25) is 0 Å². The molecule has 0 fully saturated rings.